The van der Waals surface area contributed by atoms with Gasteiger partial charge in [0.25, 0.3) is 0 Å². The first-order valence-corrected chi connectivity index (χ1v) is 7.57. The van der Waals surface area contributed by atoms with E-state index in [9.17, 15) is 9.18 Å². The van der Waals surface area contributed by atoms with Gasteiger partial charge >= 0.3 is 0 Å². The first-order chi connectivity index (χ1) is 10.6. The molecule has 5 nitrogen and oxygen atoms in total. The summed E-state index contributed by atoms with van der Waals surface area (Å²) in [7, 11) is 0. The molecule has 4 rings (SSSR count). The minimum absolute atomic E-state index is 0.0442. The van der Waals surface area contributed by atoms with Gasteiger partial charge in [0.05, 0.1) is 16.9 Å². The lowest BCUT2D eigenvalue weighted by molar-refractivity contribution is 0.247. The number of pyridine rings is 1. The number of halogens is 1. The van der Waals surface area contributed by atoms with Crippen LogP contribution in [0.3, 0.4) is 0 Å². The van der Waals surface area contributed by atoms with Crippen molar-refractivity contribution in [3.63, 3.8) is 0 Å². The van der Waals surface area contributed by atoms with Gasteiger partial charge in [-0.3, -0.25) is 4.79 Å². The summed E-state index contributed by atoms with van der Waals surface area (Å²) in [5.74, 6) is 0.0564. The third-order valence-corrected chi connectivity index (χ3v) is 4.58. The zero-order valence-corrected chi connectivity index (χ0v) is 12.4. The monoisotopic (exact) mass is 303 g/mol. The van der Waals surface area contributed by atoms with Gasteiger partial charge in [0.1, 0.15) is 12.3 Å². The number of aromatic nitrogens is 1. The standard InChI is InChI=1S/C16H18FN3O2/c1-9-8-22-16-14-11(13(21)3-5-20(9)14)6-12(17)15(16)19-4-2-10(18)7-19/h3,5-6,9-10H,2,4,7-8,18H2,1H3. The summed E-state index contributed by atoms with van der Waals surface area (Å²) in [4.78, 5) is 14.0. The molecule has 0 amide bonds. The molecule has 2 aliphatic rings. The van der Waals surface area contributed by atoms with Gasteiger partial charge in [0, 0.05) is 31.4 Å². The molecule has 2 N–H and O–H groups in total. The van der Waals surface area contributed by atoms with Gasteiger partial charge in [-0.25, -0.2) is 4.39 Å². The first-order valence-electron chi connectivity index (χ1n) is 7.57. The molecule has 3 heterocycles. The van der Waals surface area contributed by atoms with Crippen LogP contribution in [0.1, 0.15) is 19.4 Å². The van der Waals surface area contributed by atoms with Crippen LogP contribution in [0.5, 0.6) is 5.75 Å². The zero-order valence-electron chi connectivity index (χ0n) is 12.4. The molecule has 0 spiro atoms. The molecule has 0 aliphatic carbocycles. The Bertz CT molecular complexity index is 817. The highest BCUT2D eigenvalue weighted by molar-refractivity contribution is 5.92. The van der Waals surface area contributed by atoms with Crippen molar-refractivity contribution >= 4 is 16.6 Å². The molecule has 1 fully saturated rings. The van der Waals surface area contributed by atoms with Crippen LogP contribution in [0.25, 0.3) is 10.9 Å². The van der Waals surface area contributed by atoms with Crippen molar-refractivity contribution < 1.29 is 9.13 Å². The highest BCUT2D eigenvalue weighted by Gasteiger charge is 2.30. The molecule has 2 unspecified atom stereocenters. The maximum atomic E-state index is 14.7. The SMILES string of the molecule is CC1COc2c(N3CCC(N)C3)c(F)cc3c(=O)ccn1c23. The fourth-order valence-corrected chi connectivity index (χ4v) is 3.44. The zero-order chi connectivity index (χ0) is 15.4. The Labute approximate surface area is 127 Å². The summed E-state index contributed by atoms with van der Waals surface area (Å²) in [6.45, 7) is 3.78. The summed E-state index contributed by atoms with van der Waals surface area (Å²) in [6.07, 6.45) is 2.59. The van der Waals surface area contributed by atoms with Crippen LogP contribution in [-0.4, -0.2) is 30.3 Å². The van der Waals surface area contributed by atoms with E-state index < -0.39 is 5.82 Å². The maximum Gasteiger partial charge on any atom is 0.189 e. The fourth-order valence-electron chi connectivity index (χ4n) is 3.44. The van der Waals surface area contributed by atoms with E-state index in [0.717, 1.165) is 6.42 Å². The van der Waals surface area contributed by atoms with Gasteiger partial charge in [-0.1, -0.05) is 0 Å². The quantitative estimate of drug-likeness (QED) is 0.870. The number of nitrogens with zero attached hydrogens (tertiary/aromatic N) is 2. The summed E-state index contributed by atoms with van der Waals surface area (Å²) in [6, 6.07) is 2.97. The largest absolute Gasteiger partial charge is 0.487 e. The number of ether oxygens (including phenoxy) is 1. The molecule has 0 radical (unpaired) electrons. The van der Waals surface area contributed by atoms with Gasteiger partial charge in [-0.05, 0) is 19.4 Å². The predicted octanol–water partition coefficient (Wildman–Crippen LogP) is 1.63. The Hall–Kier alpha value is -2.08. The van der Waals surface area contributed by atoms with Crippen molar-refractivity contribution in [3.8, 4) is 5.75 Å². The summed E-state index contributed by atoms with van der Waals surface area (Å²) < 4.78 is 22.5. The Kier molecular flexibility index (Phi) is 2.91. The second kappa shape index (κ2) is 4.71. The molecule has 1 aromatic heterocycles. The third kappa shape index (κ3) is 1.83. The van der Waals surface area contributed by atoms with E-state index in [1.54, 1.807) is 6.20 Å². The molecular formula is C16H18FN3O2. The second-order valence-corrected chi connectivity index (χ2v) is 6.17. The highest BCUT2D eigenvalue weighted by atomic mass is 19.1. The molecule has 1 aromatic carbocycles. The second-order valence-electron chi connectivity index (χ2n) is 6.17. The van der Waals surface area contributed by atoms with Crippen LogP contribution in [0.15, 0.2) is 23.1 Å². The average Bonchev–Trinajstić information content (AvgIpc) is 2.91. The van der Waals surface area contributed by atoms with Crippen LogP contribution in [0.4, 0.5) is 10.1 Å². The van der Waals surface area contributed by atoms with Crippen molar-refractivity contribution in [1.82, 2.24) is 4.57 Å². The van der Waals surface area contributed by atoms with Gasteiger partial charge in [0.2, 0.25) is 0 Å². The third-order valence-electron chi connectivity index (χ3n) is 4.58. The number of anilines is 1. The van der Waals surface area contributed by atoms with Gasteiger partial charge in [0.15, 0.2) is 17.0 Å². The normalized spacial score (nSPS) is 23.9. The van der Waals surface area contributed by atoms with Crippen molar-refractivity contribution in [2.75, 3.05) is 24.6 Å². The van der Waals surface area contributed by atoms with Crippen molar-refractivity contribution in [2.24, 2.45) is 5.73 Å². The Morgan fingerprint density at radius 2 is 2.27 bits per heavy atom. The van der Waals surface area contributed by atoms with Gasteiger partial charge < -0.3 is 19.9 Å². The van der Waals surface area contributed by atoms with Crippen LogP contribution in [0, 0.1) is 5.82 Å². The molecule has 2 aliphatic heterocycles. The number of hydrogen-bond acceptors (Lipinski definition) is 4. The lowest BCUT2D eigenvalue weighted by Gasteiger charge is -2.30. The molecule has 0 saturated carbocycles. The summed E-state index contributed by atoms with van der Waals surface area (Å²) >= 11 is 0. The molecule has 1 saturated heterocycles. The van der Waals surface area contributed by atoms with Crippen molar-refractivity contribution in [2.45, 2.75) is 25.4 Å². The van der Waals surface area contributed by atoms with Crippen LogP contribution in [0.2, 0.25) is 0 Å². The van der Waals surface area contributed by atoms with E-state index in [2.05, 4.69) is 0 Å². The summed E-state index contributed by atoms with van der Waals surface area (Å²) in [5.41, 5.74) is 6.88. The van der Waals surface area contributed by atoms with Crippen LogP contribution >= 0.6 is 0 Å². The van der Waals surface area contributed by atoms with Crippen LogP contribution < -0.4 is 20.8 Å². The molecular weight excluding hydrogens is 285 g/mol. The Balaban J connectivity index is 2.03. The van der Waals surface area contributed by atoms with E-state index >= 15 is 0 Å². The lowest BCUT2D eigenvalue weighted by atomic mass is 10.1. The predicted molar refractivity (Wildman–Crippen MR) is 83.2 cm³/mol. The highest BCUT2D eigenvalue weighted by Crippen LogP contribution is 2.42. The van der Waals surface area contributed by atoms with Crippen molar-refractivity contribution in [3.05, 3.63) is 34.4 Å². The molecule has 6 heteroatoms. The molecule has 2 aromatic rings. The molecule has 2 atom stereocenters. The molecule has 22 heavy (non-hydrogen) atoms. The summed E-state index contributed by atoms with van der Waals surface area (Å²) in [5, 5.41) is 0.369. The number of hydrogen-bond donors (Lipinski definition) is 1. The van der Waals surface area contributed by atoms with E-state index in [4.69, 9.17) is 10.5 Å². The van der Waals surface area contributed by atoms with Crippen LogP contribution in [-0.2, 0) is 0 Å². The molecule has 0 bridgehead atoms. The van der Waals surface area contributed by atoms with E-state index in [0.29, 0.717) is 42.0 Å². The Morgan fingerprint density at radius 1 is 1.45 bits per heavy atom. The average molecular weight is 303 g/mol. The minimum atomic E-state index is -0.416. The van der Waals surface area contributed by atoms with E-state index in [1.165, 1.54) is 12.1 Å². The van der Waals surface area contributed by atoms with Gasteiger partial charge in [-0.2, -0.15) is 0 Å². The number of nitrogens with two attached hydrogens (primary N) is 1. The minimum Gasteiger partial charge on any atom is -0.487 e. The Morgan fingerprint density at radius 3 is 3.00 bits per heavy atom. The first kappa shape index (κ1) is 13.6. The van der Waals surface area contributed by atoms with Gasteiger partial charge in [-0.15, -0.1) is 0 Å². The molecule has 116 valence electrons. The topological polar surface area (TPSA) is 60.5 Å². The van der Waals surface area contributed by atoms with E-state index in [-0.39, 0.29) is 17.5 Å². The number of benzene rings is 1. The lowest BCUT2D eigenvalue weighted by Crippen LogP contribution is -2.29. The van der Waals surface area contributed by atoms with Crippen molar-refractivity contribution in [1.29, 1.82) is 0 Å². The smallest absolute Gasteiger partial charge is 0.189 e. The maximum absolute atomic E-state index is 14.7. The van der Waals surface area contributed by atoms with E-state index in [1.807, 2.05) is 16.4 Å². The fraction of sp³-hybridized carbons (Fsp3) is 0.438. The number of rotatable bonds is 1.